The minimum Gasteiger partial charge on any atom is -0.394 e. The zero-order chi connectivity index (χ0) is 13.7. The first-order valence-corrected chi connectivity index (χ1v) is 6.12. The largest absolute Gasteiger partial charge is 0.394 e. The molecule has 100 valence electrons. The Morgan fingerprint density at radius 3 is 2.61 bits per heavy atom. The van der Waals surface area contributed by atoms with Crippen molar-refractivity contribution < 1.29 is 14.3 Å². The summed E-state index contributed by atoms with van der Waals surface area (Å²) >= 11 is 0. The van der Waals surface area contributed by atoms with Crippen LogP contribution < -0.4 is 5.32 Å². The van der Waals surface area contributed by atoms with Crippen molar-refractivity contribution in [1.82, 2.24) is 5.32 Å². The summed E-state index contributed by atoms with van der Waals surface area (Å²) in [4.78, 5) is 11.9. The average molecular weight is 253 g/mol. The van der Waals surface area contributed by atoms with Crippen LogP contribution >= 0.6 is 0 Å². The highest BCUT2D eigenvalue weighted by molar-refractivity contribution is 5.94. The van der Waals surface area contributed by atoms with E-state index in [2.05, 4.69) is 5.32 Å². The maximum absolute atomic E-state index is 13.6. The summed E-state index contributed by atoms with van der Waals surface area (Å²) in [5.41, 5.74) is 0.785. The van der Waals surface area contributed by atoms with Crippen molar-refractivity contribution in [1.29, 1.82) is 0 Å². The monoisotopic (exact) mass is 253 g/mol. The number of benzene rings is 1. The molecule has 1 amide bonds. The SMILES string of the molecule is Cc1ccc(C(=O)NC(CO)CC(C)C)c(F)c1. The number of hydrogen-bond donors (Lipinski definition) is 2. The molecule has 0 fully saturated rings. The Morgan fingerprint density at radius 1 is 1.44 bits per heavy atom. The summed E-state index contributed by atoms with van der Waals surface area (Å²) in [5, 5.41) is 11.8. The Kier molecular flexibility index (Phi) is 5.28. The molecular formula is C14H20FNO2. The van der Waals surface area contributed by atoms with Gasteiger partial charge in [0.15, 0.2) is 0 Å². The van der Waals surface area contributed by atoms with Gasteiger partial charge in [0.05, 0.1) is 18.2 Å². The Morgan fingerprint density at radius 2 is 2.11 bits per heavy atom. The smallest absolute Gasteiger partial charge is 0.254 e. The first-order chi connectivity index (χ1) is 8.43. The summed E-state index contributed by atoms with van der Waals surface area (Å²) in [7, 11) is 0. The summed E-state index contributed by atoms with van der Waals surface area (Å²) in [5.74, 6) is -0.661. The van der Waals surface area contributed by atoms with Gasteiger partial charge in [-0.3, -0.25) is 4.79 Å². The van der Waals surface area contributed by atoms with Crippen LogP contribution in [0.4, 0.5) is 4.39 Å². The topological polar surface area (TPSA) is 49.3 Å². The third-order valence-electron chi connectivity index (χ3n) is 2.68. The standard InChI is InChI=1S/C14H20FNO2/c1-9(2)6-11(8-17)16-14(18)12-5-4-10(3)7-13(12)15/h4-5,7,9,11,17H,6,8H2,1-3H3,(H,16,18). The Balaban J connectivity index is 2.74. The third-order valence-corrected chi connectivity index (χ3v) is 2.68. The number of aliphatic hydroxyl groups is 1. The molecule has 4 heteroatoms. The number of nitrogens with one attached hydrogen (secondary N) is 1. The van der Waals surface area contributed by atoms with Crippen molar-refractivity contribution in [2.75, 3.05) is 6.61 Å². The number of carbonyl (C=O) groups excluding carboxylic acids is 1. The quantitative estimate of drug-likeness (QED) is 0.845. The number of carbonyl (C=O) groups is 1. The molecule has 0 bridgehead atoms. The van der Waals surface area contributed by atoms with Crippen molar-refractivity contribution >= 4 is 5.91 Å². The van der Waals surface area contributed by atoms with E-state index in [1.807, 2.05) is 13.8 Å². The predicted octanol–water partition coefficient (Wildman–Crippen LogP) is 2.27. The molecule has 0 saturated carbocycles. The molecule has 2 N–H and O–H groups in total. The zero-order valence-electron chi connectivity index (χ0n) is 11.0. The van der Waals surface area contributed by atoms with Gasteiger partial charge in [0.1, 0.15) is 5.82 Å². The van der Waals surface area contributed by atoms with Crippen LogP contribution in [0.3, 0.4) is 0 Å². The van der Waals surface area contributed by atoms with Crippen molar-refractivity contribution in [2.45, 2.75) is 33.2 Å². The van der Waals surface area contributed by atoms with Gasteiger partial charge in [0.2, 0.25) is 0 Å². The molecule has 1 rings (SSSR count). The van der Waals surface area contributed by atoms with E-state index in [1.54, 1.807) is 13.0 Å². The average Bonchev–Trinajstić information content (AvgIpc) is 2.27. The number of hydrogen-bond acceptors (Lipinski definition) is 2. The first kappa shape index (κ1) is 14.6. The van der Waals surface area contributed by atoms with E-state index in [-0.39, 0.29) is 18.2 Å². The summed E-state index contributed by atoms with van der Waals surface area (Å²) in [6, 6.07) is 4.14. The van der Waals surface area contributed by atoms with Crippen LogP contribution in [0.15, 0.2) is 18.2 Å². The molecule has 0 aliphatic heterocycles. The fourth-order valence-corrected chi connectivity index (χ4v) is 1.82. The van der Waals surface area contributed by atoms with Gasteiger partial charge in [0.25, 0.3) is 5.91 Å². The Labute approximate surface area is 107 Å². The fourth-order valence-electron chi connectivity index (χ4n) is 1.82. The number of aryl methyl sites for hydroxylation is 1. The highest BCUT2D eigenvalue weighted by Gasteiger charge is 2.17. The van der Waals surface area contributed by atoms with Gasteiger partial charge in [-0.1, -0.05) is 19.9 Å². The zero-order valence-corrected chi connectivity index (χ0v) is 11.0. The molecule has 0 aliphatic rings. The molecule has 18 heavy (non-hydrogen) atoms. The first-order valence-electron chi connectivity index (χ1n) is 6.12. The van der Waals surface area contributed by atoms with Gasteiger partial charge >= 0.3 is 0 Å². The highest BCUT2D eigenvalue weighted by atomic mass is 19.1. The number of rotatable bonds is 5. The molecule has 0 aromatic heterocycles. The van der Waals surface area contributed by atoms with E-state index >= 15 is 0 Å². The van der Waals surface area contributed by atoms with Crippen molar-refractivity contribution in [2.24, 2.45) is 5.92 Å². The molecule has 1 aromatic rings. The predicted molar refractivity (Wildman–Crippen MR) is 68.9 cm³/mol. The minimum atomic E-state index is -0.534. The maximum Gasteiger partial charge on any atom is 0.254 e. The highest BCUT2D eigenvalue weighted by Crippen LogP contribution is 2.11. The molecule has 1 aromatic carbocycles. The molecule has 3 nitrogen and oxygen atoms in total. The van der Waals surface area contributed by atoms with E-state index < -0.39 is 11.7 Å². The van der Waals surface area contributed by atoms with Crippen LogP contribution in [0.5, 0.6) is 0 Å². The third kappa shape index (κ3) is 4.11. The normalized spacial score (nSPS) is 12.6. The fraction of sp³-hybridized carbons (Fsp3) is 0.500. The lowest BCUT2D eigenvalue weighted by Gasteiger charge is -2.18. The lowest BCUT2D eigenvalue weighted by Crippen LogP contribution is -2.38. The lowest BCUT2D eigenvalue weighted by molar-refractivity contribution is 0.0904. The van der Waals surface area contributed by atoms with Crippen molar-refractivity contribution in [3.63, 3.8) is 0 Å². The molecule has 0 saturated heterocycles. The van der Waals surface area contributed by atoms with Crippen LogP contribution in [0.2, 0.25) is 0 Å². The Hall–Kier alpha value is -1.42. The van der Waals surface area contributed by atoms with Gasteiger partial charge < -0.3 is 10.4 Å². The van der Waals surface area contributed by atoms with Gasteiger partial charge in [0, 0.05) is 0 Å². The summed E-state index contributed by atoms with van der Waals surface area (Å²) in [6.07, 6.45) is 0.662. The van der Waals surface area contributed by atoms with E-state index in [0.29, 0.717) is 12.3 Å². The van der Waals surface area contributed by atoms with Gasteiger partial charge in [-0.25, -0.2) is 4.39 Å². The Bertz CT molecular complexity index is 418. The number of halogens is 1. The summed E-state index contributed by atoms with van der Waals surface area (Å²) < 4.78 is 13.6. The number of aliphatic hydroxyl groups excluding tert-OH is 1. The summed E-state index contributed by atoms with van der Waals surface area (Å²) in [6.45, 7) is 5.63. The molecule has 0 radical (unpaired) electrons. The number of amides is 1. The molecular weight excluding hydrogens is 233 g/mol. The minimum absolute atomic E-state index is 0.0165. The van der Waals surface area contributed by atoms with Crippen LogP contribution in [-0.2, 0) is 0 Å². The van der Waals surface area contributed by atoms with E-state index in [0.717, 1.165) is 5.56 Å². The molecule has 0 aliphatic carbocycles. The van der Waals surface area contributed by atoms with E-state index in [1.165, 1.54) is 12.1 Å². The van der Waals surface area contributed by atoms with E-state index in [9.17, 15) is 14.3 Å². The van der Waals surface area contributed by atoms with Gasteiger partial charge in [-0.05, 0) is 37.0 Å². The molecule has 0 spiro atoms. The van der Waals surface area contributed by atoms with E-state index in [4.69, 9.17) is 0 Å². The molecule has 1 atom stereocenters. The second kappa shape index (κ2) is 6.50. The van der Waals surface area contributed by atoms with Crippen LogP contribution in [0, 0.1) is 18.7 Å². The van der Waals surface area contributed by atoms with Gasteiger partial charge in [-0.2, -0.15) is 0 Å². The van der Waals surface area contributed by atoms with Crippen molar-refractivity contribution in [3.8, 4) is 0 Å². The van der Waals surface area contributed by atoms with Crippen molar-refractivity contribution in [3.05, 3.63) is 35.1 Å². The maximum atomic E-state index is 13.6. The van der Waals surface area contributed by atoms with Crippen LogP contribution in [0.25, 0.3) is 0 Å². The van der Waals surface area contributed by atoms with Crippen LogP contribution in [-0.4, -0.2) is 23.7 Å². The lowest BCUT2D eigenvalue weighted by atomic mass is 10.0. The second-order valence-electron chi connectivity index (χ2n) is 4.97. The molecule has 1 unspecified atom stereocenters. The van der Waals surface area contributed by atoms with Gasteiger partial charge in [-0.15, -0.1) is 0 Å². The van der Waals surface area contributed by atoms with Crippen LogP contribution in [0.1, 0.15) is 36.2 Å². The molecule has 0 heterocycles. The second-order valence-corrected chi connectivity index (χ2v) is 4.97.